The molecule has 3 nitrogen and oxygen atoms in total. The summed E-state index contributed by atoms with van der Waals surface area (Å²) in [5.74, 6) is 0.940. The van der Waals surface area contributed by atoms with E-state index in [4.69, 9.17) is 9.47 Å². The number of ether oxygens (including phenoxy) is 2. The lowest BCUT2D eigenvalue weighted by Crippen LogP contribution is -2.48. The zero-order valence-electron chi connectivity index (χ0n) is 12.0. The lowest BCUT2D eigenvalue weighted by Gasteiger charge is -2.44. The van der Waals surface area contributed by atoms with Gasteiger partial charge in [-0.15, -0.1) is 0 Å². The molecule has 0 aliphatic carbocycles. The van der Waals surface area contributed by atoms with E-state index in [0.29, 0.717) is 19.6 Å². The highest BCUT2D eigenvalue weighted by atomic mass is 79.9. The molecule has 1 saturated heterocycles. The summed E-state index contributed by atoms with van der Waals surface area (Å²) in [6.07, 6.45) is 0.707. The molecule has 19 heavy (non-hydrogen) atoms. The standard InChI is InChI=1S/C15H21BrO3/c1-9-10(2)14(18-4)12(11(3)13(9)16)15(5-6-17)7-19-8-15/h17H,5-8H2,1-4H3. The van der Waals surface area contributed by atoms with Gasteiger partial charge in [-0.25, -0.2) is 0 Å². The number of benzene rings is 1. The summed E-state index contributed by atoms with van der Waals surface area (Å²) in [5.41, 5.74) is 4.63. The van der Waals surface area contributed by atoms with Gasteiger partial charge in [-0.2, -0.15) is 0 Å². The Balaban J connectivity index is 2.68. The highest BCUT2D eigenvalue weighted by Gasteiger charge is 2.44. The highest BCUT2D eigenvalue weighted by Crippen LogP contribution is 2.47. The van der Waals surface area contributed by atoms with Crippen LogP contribution in [0.15, 0.2) is 4.47 Å². The van der Waals surface area contributed by atoms with Crippen LogP contribution in [0, 0.1) is 20.8 Å². The lowest BCUT2D eigenvalue weighted by molar-refractivity contribution is -0.0713. The SMILES string of the molecule is COc1c(C)c(C)c(Br)c(C)c1C1(CCO)COC1. The summed E-state index contributed by atoms with van der Waals surface area (Å²) in [5, 5.41) is 9.37. The number of aliphatic hydroxyl groups is 1. The predicted octanol–water partition coefficient (Wildman–Crippen LogP) is 3.03. The second kappa shape index (κ2) is 5.43. The number of methoxy groups -OCH3 is 1. The van der Waals surface area contributed by atoms with Crippen LogP contribution in [0.3, 0.4) is 0 Å². The Labute approximate surface area is 123 Å². The van der Waals surface area contributed by atoms with E-state index in [1.54, 1.807) is 7.11 Å². The Morgan fingerprint density at radius 3 is 2.26 bits per heavy atom. The van der Waals surface area contributed by atoms with Crippen molar-refractivity contribution >= 4 is 15.9 Å². The van der Waals surface area contributed by atoms with Crippen molar-refractivity contribution in [3.8, 4) is 5.75 Å². The van der Waals surface area contributed by atoms with Crippen molar-refractivity contribution in [1.82, 2.24) is 0 Å². The second-order valence-electron chi connectivity index (χ2n) is 5.34. The van der Waals surface area contributed by atoms with Crippen LogP contribution in [0.25, 0.3) is 0 Å². The molecule has 0 atom stereocenters. The number of hydrogen-bond acceptors (Lipinski definition) is 3. The maximum absolute atomic E-state index is 9.37. The third kappa shape index (κ3) is 2.20. The van der Waals surface area contributed by atoms with Gasteiger partial charge < -0.3 is 14.6 Å². The Kier molecular flexibility index (Phi) is 4.23. The Morgan fingerprint density at radius 2 is 1.84 bits per heavy atom. The summed E-state index contributed by atoms with van der Waals surface area (Å²) in [6, 6.07) is 0. The van der Waals surface area contributed by atoms with Crippen LogP contribution in [0.2, 0.25) is 0 Å². The zero-order valence-corrected chi connectivity index (χ0v) is 13.6. The molecule has 1 aliphatic heterocycles. The predicted molar refractivity (Wildman–Crippen MR) is 79.1 cm³/mol. The van der Waals surface area contributed by atoms with E-state index in [1.807, 2.05) is 0 Å². The first-order valence-corrected chi connectivity index (χ1v) is 7.30. The van der Waals surface area contributed by atoms with E-state index in [0.717, 1.165) is 15.8 Å². The van der Waals surface area contributed by atoms with Gasteiger partial charge in [0.1, 0.15) is 5.75 Å². The van der Waals surface area contributed by atoms with Crippen molar-refractivity contribution in [1.29, 1.82) is 0 Å². The van der Waals surface area contributed by atoms with E-state index >= 15 is 0 Å². The van der Waals surface area contributed by atoms with Gasteiger partial charge in [0.25, 0.3) is 0 Å². The van der Waals surface area contributed by atoms with Gasteiger partial charge in [-0.3, -0.25) is 0 Å². The fourth-order valence-electron chi connectivity index (χ4n) is 2.95. The van der Waals surface area contributed by atoms with E-state index in [9.17, 15) is 5.11 Å². The first-order chi connectivity index (χ1) is 8.98. The normalized spacial score (nSPS) is 17.2. The fourth-order valence-corrected chi connectivity index (χ4v) is 3.45. The largest absolute Gasteiger partial charge is 0.496 e. The first-order valence-electron chi connectivity index (χ1n) is 6.51. The van der Waals surface area contributed by atoms with Crippen molar-refractivity contribution in [3.05, 3.63) is 26.7 Å². The quantitative estimate of drug-likeness (QED) is 0.923. The zero-order chi connectivity index (χ0) is 14.2. The molecule has 0 amide bonds. The van der Waals surface area contributed by atoms with Gasteiger partial charge in [0.05, 0.1) is 20.3 Å². The molecule has 0 bridgehead atoms. The van der Waals surface area contributed by atoms with Crippen molar-refractivity contribution < 1.29 is 14.6 Å². The van der Waals surface area contributed by atoms with Crippen LogP contribution in [0.5, 0.6) is 5.75 Å². The van der Waals surface area contributed by atoms with Crippen LogP contribution in [0.4, 0.5) is 0 Å². The smallest absolute Gasteiger partial charge is 0.126 e. The van der Waals surface area contributed by atoms with Gasteiger partial charge in [0.15, 0.2) is 0 Å². The molecule has 0 saturated carbocycles. The molecule has 106 valence electrons. The van der Waals surface area contributed by atoms with Gasteiger partial charge in [-0.1, -0.05) is 15.9 Å². The summed E-state index contributed by atoms with van der Waals surface area (Å²) in [4.78, 5) is 0. The highest BCUT2D eigenvalue weighted by molar-refractivity contribution is 9.10. The van der Waals surface area contributed by atoms with Crippen molar-refractivity contribution in [2.24, 2.45) is 0 Å². The molecule has 1 heterocycles. The average molecular weight is 329 g/mol. The summed E-state index contributed by atoms with van der Waals surface area (Å²) < 4.78 is 12.2. The van der Waals surface area contributed by atoms with Gasteiger partial charge in [0, 0.05) is 22.1 Å². The molecule has 4 heteroatoms. The van der Waals surface area contributed by atoms with Crippen molar-refractivity contribution in [3.63, 3.8) is 0 Å². The van der Waals surface area contributed by atoms with E-state index in [1.165, 1.54) is 16.7 Å². The Hall–Kier alpha value is -0.580. The Morgan fingerprint density at radius 1 is 1.21 bits per heavy atom. The monoisotopic (exact) mass is 328 g/mol. The molecule has 2 rings (SSSR count). The van der Waals surface area contributed by atoms with Crippen LogP contribution >= 0.6 is 15.9 Å². The van der Waals surface area contributed by atoms with Crippen LogP contribution in [-0.2, 0) is 10.2 Å². The second-order valence-corrected chi connectivity index (χ2v) is 6.14. The maximum atomic E-state index is 9.37. The summed E-state index contributed by atoms with van der Waals surface area (Å²) in [6.45, 7) is 7.74. The molecule has 0 radical (unpaired) electrons. The summed E-state index contributed by atoms with van der Waals surface area (Å²) >= 11 is 3.68. The van der Waals surface area contributed by atoms with E-state index in [2.05, 4.69) is 36.7 Å². The van der Waals surface area contributed by atoms with Gasteiger partial charge >= 0.3 is 0 Å². The van der Waals surface area contributed by atoms with E-state index < -0.39 is 0 Å². The minimum Gasteiger partial charge on any atom is -0.496 e. The first kappa shape index (κ1) is 14.8. The minimum atomic E-state index is -0.106. The van der Waals surface area contributed by atoms with Gasteiger partial charge in [-0.05, 0) is 43.9 Å². The van der Waals surface area contributed by atoms with Crippen LogP contribution < -0.4 is 4.74 Å². The fraction of sp³-hybridized carbons (Fsp3) is 0.600. The third-order valence-electron chi connectivity index (χ3n) is 4.25. The number of aliphatic hydroxyl groups excluding tert-OH is 1. The molecule has 1 aliphatic rings. The summed E-state index contributed by atoms with van der Waals surface area (Å²) in [7, 11) is 1.71. The van der Waals surface area contributed by atoms with Crippen LogP contribution in [-0.4, -0.2) is 32.0 Å². The molecule has 1 aromatic rings. The maximum Gasteiger partial charge on any atom is 0.126 e. The third-order valence-corrected chi connectivity index (χ3v) is 5.43. The average Bonchev–Trinajstić information content (AvgIpc) is 2.36. The lowest BCUT2D eigenvalue weighted by atomic mass is 9.72. The molecule has 0 spiro atoms. The van der Waals surface area contributed by atoms with Crippen LogP contribution in [0.1, 0.15) is 28.7 Å². The minimum absolute atomic E-state index is 0.106. The Bertz CT molecular complexity index is 493. The molecule has 1 aromatic carbocycles. The molecule has 1 N–H and O–H groups in total. The topological polar surface area (TPSA) is 38.7 Å². The number of hydrogen-bond donors (Lipinski definition) is 1. The molecular weight excluding hydrogens is 308 g/mol. The molecule has 0 aromatic heterocycles. The number of halogens is 1. The van der Waals surface area contributed by atoms with Crippen molar-refractivity contribution in [2.75, 3.05) is 26.9 Å². The number of rotatable bonds is 4. The molecule has 0 unspecified atom stereocenters. The molecular formula is C15H21BrO3. The van der Waals surface area contributed by atoms with Gasteiger partial charge in [0.2, 0.25) is 0 Å². The molecule has 1 fully saturated rings. The van der Waals surface area contributed by atoms with Crippen molar-refractivity contribution in [2.45, 2.75) is 32.6 Å². The van der Waals surface area contributed by atoms with E-state index in [-0.39, 0.29) is 12.0 Å².